The molecule has 23 heavy (non-hydrogen) atoms. The third-order valence-corrected chi connectivity index (χ3v) is 3.95. The third-order valence-electron chi connectivity index (χ3n) is 3.95. The van der Waals surface area contributed by atoms with Crippen LogP contribution in [-0.4, -0.2) is 57.1 Å². The molecule has 126 valence electrons. The van der Waals surface area contributed by atoms with Gasteiger partial charge in [0.2, 0.25) is 11.9 Å². The monoisotopic (exact) mass is 339 g/mol. The number of nitrogens with two attached hydrogens (primary N) is 1. The normalized spacial score (nSPS) is 19.7. The van der Waals surface area contributed by atoms with Gasteiger partial charge in [-0.2, -0.15) is 0 Å². The van der Waals surface area contributed by atoms with Gasteiger partial charge < -0.3 is 10.6 Å². The molecule has 0 saturated carbocycles. The van der Waals surface area contributed by atoms with Crippen molar-refractivity contribution in [3.05, 3.63) is 11.9 Å². The largest absolute Gasteiger partial charge is 0.368 e. The number of carbonyl (C=O) groups is 1. The molecule has 2 N–H and O–H groups in total. The first kappa shape index (κ1) is 17.4. The molecule has 0 bridgehead atoms. The number of hydrogen-bond acceptors (Lipinski definition) is 6. The van der Waals surface area contributed by atoms with E-state index in [4.69, 9.17) is 5.73 Å². The van der Waals surface area contributed by atoms with Crippen molar-refractivity contribution >= 4 is 30.5 Å². The number of aromatic nitrogens is 3. The quantitative estimate of drug-likeness (QED) is 0.811. The first-order valence-corrected chi connectivity index (χ1v) is 7.75. The van der Waals surface area contributed by atoms with Crippen molar-refractivity contribution in [1.82, 2.24) is 19.9 Å². The Morgan fingerprint density at radius 1 is 1.35 bits per heavy atom. The minimum absolute atomic E-state index is 0. The molecule has 2 aliphatic heterocycles. The Labute approximate surface area is 141 Å². The van der Waals surface area contributed by atoms with Crippen LogP contribution in [0.2, 0.25) is 0 Å². The van der Waals surface area contributed by atoms with Gasteiger partial charge in [0.25, 0.3) is 0 Å². The van der Waals surface area contributed by atoms with Crippen molar-refractivity contribution in [2.24, 2.45) is 15.7 Å². The molecule has 1 saturated heterocycles. The molecule has 1 aromatic heterocycles. The maximum atomic E-state index is 12.0. The van der Waals surface area contributed by atoms with Crippen molar-refractivity contribution in [1.29, 1.82) is 0 Å². The van der Waals surface area contributed by atoms with E-state index in [9.17, 15) is 4.79 Å². The number of likely N-dealkylation sites (tertiary alicyclic amines) is 1. The Kier molecular flexibility index (Phi) is 6.09. The van der Waals surface area contributed by atoms with Crippen LogP contribution in [0.1, 0.15) is 31.4 Å². The molecule has 1 amide bonds. The van der Waals surface area contributed by atoms with E-state index in [2.05, 4.69) is 20.3 Å². The van der Waals surface area contributed by atoms with Gasteiger partial charge in [-0.3, -0.25) is 4.79 Å². The van der Waals surface area contributed by atoms with E-state index in [0.717, 1.165) is 50.9 Å². The van der Waals surface area contributed by atoms with Crippen molar-refractivity contribution in [3.63, 3.8) is 0 Å². The van der Waals surface area contributed by atoms with E-state index in [-0.39, 0.29) is 30.9 Å². The predicted molar refractivity (Wildman–Crippen MR) is 89.9 cm³/mol. The molecule has 2 aliphatic rings. The van der Waals surface area contributed by atoms with Crippen LogP contribution in [0.25, 0.3) is 0 Å². The maximum Gasteiger partial charge on any atom is 0.244 e. The number of rotatable bonds is 6. The van der Waals surface area contributed by atoms with Crippen LogP contribution >= 0.6 is 12.4 Å². The van der Waals surface area contributed by atoms with Crippen LogP contribution in [0.5, 0.6) is 0 Å². The lowest BCUT2D eigenvalue weighted by atomic mass is 10.1. The van der Waals surface area contributed by atoms with Gasteiger partial charge in [-0.15, -0.1) is 17.5 Å². The minimum atomic E-state index is 0. The van der Waals surface area contributed by atoms with Crippen molar-refractivity contribution in [2.45, 2.75) is 44.7 Å². The maximum absolute atomic E-state index is 12.0. The summed E-state index contributed by atoms with van der Waals surface area (Å²) in [5, 5.41) is 8.16. The number of guanidine groups is 1. The Balaban J connectivity index is 0.00000192. The van der Waals surface area contributed by atoms with Crippen LogP contribution in [0.3, 0.4) is 0 Å². The van der Waals surface area contributed by atoms with Crippen LogP contribution in [0.15, 0.2) is 16.2 Å². The van der Waals surface area contributed by atoms with Gasteiger partial charge in [0.1, 0.15) is 6.54 Å². The van der Waals surface area contributed by atoms with E-state index < -0.39 is 0 Å². The van der Waals surface area contributed by atoms with Crippen LogP contribution in [-0.2, 0) is 17.8 Å². The number of halogens is 1. The van der Waals surface area contributed by atoms with Crippen LogP contribution in [0, 0.1) is 0 Å². The second kappa shape index (κ2) is 8.05. The van der Waals surface area contributed by atoms with E-state index >= 15 is 0 Å². The summed E-state index contributed by atoms with van der Waals surface area (Å²) < 4.78 is 1.63. The molecule has 0 radical (unpaired) electrons. The van der Waals surface area contributed by atoms with E-state index in [1.807, 2.05) is 11.1 Å². The van der Waals surface area contributed by atoms with Crippen LogP contribution < -0.4 is 5.73 Å². The molecule has 9 heteroatoms. The zero-order chi connectivity index (χ0) is 15.4. The highest BCUT2D eigenvalue weighted by atomic mass is 35.5. The van der Waals surface area contributed by atoms with Gasteiger partial charge >= 0.3 is 0 Å². The fourth-order valence-electron chi connectivity index (χ4n) is 2.77. The summed E-state index contributed by atoms with van der Waals surface area (Å²) in [5.74, 6) is 0.484. The molecule has 0 spiro atoms. The van der Waals surface area contributed by atoms with Gasteiger partial charge in [-0.05, 0) is 32.1 Å². The Morgan fingerprint density at radius 3 is 2.83 bits per heavy atom. The van der Waals surface area contributed by atoms with E-state index in [1.165, 1.54) is 0 Å². The van der Waals surface area contributed by atoms with Crippen molar-refractivity contribution in [3.8, 4) is 0 Å². The molecule has 1 atom stereocenters. The predicted octanol–water partition coefficient (Wildman–Crippen LogP) is 0.413. The SMILES string of the molecule is Cl.NC1=NC(CCCc2cn(CC(=O)N3CCCC3)nn2)C=N1. The third kappa shape index (κ3) is 4.75. The smallest absolute Gasteiger partial charge is 0.244 e. The number of carbonyl (C=O) groups excluding carboxylic acids is 1. The summed E-state index contributed by atoms with van der Waals surface area (Å²) in [7, 11) is 0. The van der Waals surface area contributed by atoms with Crippen molar-refractivity contribution in [2.75, 3.05) is 13.1 Å². The second-order valence-electron chi connectivity index (χ2n) is 5.72. The molecule has 1 aromatic rings. The van der Waals surface area contributed by atoms with Gasteiger partial charge in [0.15, 0.2) is 0 Å². The molecule has 3 heterocycles. The highest BCUT2D eigenvalue weighted by molar-refractivity contribution is 5.93. The molecule has 3 rings (SSSR count). The zero-order valence-electron chi connectivity index (χ0n) is 13.0. The highest BCUT2D eigenvalue weighted by Crippen LogP contribution is 2.10. The summed E-state index contributed by atoms with van der Waals surface area (Å²) in [6.07, 6.45) is 8.49. The van der Waals surface area contributed by atoms with E-state index in [0.29, 0.717) is 5.96 Å². The summed E-state index contributed by atoms with van der Waals surface area (Å²) >= 11 is 0. The molecular weight excluding hydrogens is 318 g/mol. The highest BCUT2D eigenvalue weighted by Gasteiger charge is 2.18. The average Bonchev–Trinajstić information content (AvgIpc) is 3.21. The van der Waals surface area contributed by atoms with Gasteiger partial charge in [0, 0.05) is 25.5 Å². The second-order valence-corrected chi connectivity index (χ2v) is 5.72. The molecule has 0 aliphatic carbocycles. The summed E-state index contributed by atoms with van der Waals surface area (Å²) in [6.45, 7) is 2.02. The first-order chi connectivity index (χ1) is 10.7. The molecular formula is C14H22ClN7O. The van der Waals surface area contributed by atoms with Gasteiger partial charge in [0.05, 0.1) is 11.7 Å². The zero-order valence-corrected chi connectivity index (χ0v) is 13.8. The van der Waals surface area contributed by atoms with E-state index in [1.54, 1.807) is 10.9 Å². The Bertz CT molecular complexity index is 592. The van der Waals surface area contributed by atoms with Gasteiger partial charge in [-0.1, -0.05) is 5.21 Å². The molecule has 1 unspecified atom stereocenters. The number of aryl methyl sites for hydroxylation is 1. The lowest BCUT2D eigenvalue weighted by Gasteiger charge is -2.14. The fourth-order valence-corrected chi connectivity index (χ4v) is 2.77. The first-order valence-electron chi connectivity index (χ1n) is 7.75. The Hall–Kier alpha value is -1.96. The summed E-state index contributed by atoms with van der Waals surface area (Å²) in [4.78, 5) is 22.1. The topological polar surface area (TPSA) is 102 Å². The molecule has 8 nitrogen and oxygen atoms in total. The lowest BCUT2D eigenvalue weighted by molar-refractivity contribution is -0.130. The lowest BCUT2D eigenvalue weighted by Crippen LogP contribution is -2.31. The molecule has 0 aromatic carbocycles. The average molecular weight is 340 g/mol. The van der Waals surface area contributed by atoms with Crippen LogP contribution in [0.4, 0.5) is 0 Å². The number of aliphatic imine (C=N–C) groups is 2. The minimum Gasteiger partial charge on any atom is -0.368 e. The van der Waals surface area contributed by atoms with Gasteiger partial charge in [-0.25, -0.2) is 14.7 Å². The Morgan fingerprint density at radius 2 is 2.13 bits per heavy atom. The number of amides is 1. The summed E-state index contributed by atoms with van der Waals surface area (Å²) in [5.41, 5.74) is 6.40. The van der Waals surface area contributed by atoms with Crippen molar-refractivity contribution < 1.29 is 4.79 Å². The number of hydrogen-bond donors (Lipinski definition) is 1. The number of nitrogens with zero attached hydrogens (tertiary/aromatic N) is 6. The standard InChI is InChI=1S/C14H21N7O.ClH/c15-14-16-8-11(17-14)4-3-5-12-9-21(19-18-12)10-13(22)20-6-1-2-7-20;/h8-9,11H,1-7,10H2,(H2,15,17);1H. The fraction of sp³-hybridized carbons (Fsp3) is 0.643. The molecule has 1 fully saturated rings. The summed E-state index contributed by atoms with van der Waals surface area (Å²) in [6, 6.07) is 0.0896.